The number of aliphatic hydroxyl groups is 2. The van der Waals surface area contributed by atoms with Gasteiger partial charge in [-0.25, -0.2) is 0 Å². The third-order valence-corrected chi connectivity index (χ3v) is 2.87. The second-order valence-corrected chi connectivity index (χ2v) is 4.25. The molecule has 0 aromatic heterocycles. The van der Waals surface area contributed by atoms with Gasteiger partial charge in [-0.15, -0.1) is 0 Å². The van der Waals surface area contributed by atoms with Gasteiger partial charge in [0.1, 0.15) is 18.5 Å². The molecule has 0 aliphatic carbocycles. The fourth-order valence-corrected chi connectivity index (χ4v) is 1.89. The number of para-hydroxylation sites is 1. The normalized spacial score (nSPS) is 11.9. The molecule has 20 heavy (non-hydrogen) atoms. The molecule has 2 aromatic carbocycles. The summed E-state index contributed by atoms with van der Waals surface area (Å²) in [7, 11) is 0. The van der Waals surface area contributed by atoms with E-state index in [1.54, 1.807) is 48.5 Å². The van der Waals surface area contributed by atoms with E-state index in [4.69, 9.17) is 9.84 Å². The van der Waals surface area contributed by atoms with E-state index in [1.807, 2.05) is 6.07 Å². The first-order valence-electron chi connectivity index (χ1n) is 6.34. The Kier molecular flexibility index (Phi) is 4.87. The lowest BCUT2D eigenvalue weighted by Gasteiger charge is -2.13. The molecule has 0 spiro atoms. The van der Waals surface area contributed by atoms with Crippen LogP contribution in [0.5, 0.6) is 5.75 Å². The minimum absolute atomic E-state index is 0.103. The second-order valence-electron chi connectivity index (χ2n) is 4.25. The predicted octanol–water partition coefficient (Wildman–Crippen LogP) is 1.97. The lowest BCUT2D eigenvalue weighted by molar-refractivity contribution is 0.0742. The van der Waals surface area contributed by atoms with Gasteiger partial charge in [-0.1, -0.05) is 42.5 Å². The van der Waals surface area contributed by atoms with Gasteiger partial charge < -0.3 is 14.9 Å². The van der Waals surface area contributed by atoms with Gasteiger partial charge in [-0.05, 0) is 17.7 Å². The zero-order valence-corrected chi connectivity index (χ0v) is 10.9. The number of Topliss-reactive ketones (excluding diaryl/α,β-unsaturated/α-hetero) is 1. The summed E-state index contributed by atoms with van der Waals surface area (Å²) in [5, 5.41) is 18.9. The number of carbonyl (C=O) groups is 1. The molecule has 0 heterocycles. The molecule has 4 nitrogen and oxygen atoms in total. The smallest absolute Gasteiger partial charge is 0.199 e. The van der Waals surface area contributed by atoms with E-state index < -0.39 is 11.9 Å². The Morgan fingerprint density at radius 2 is 1.70 bits per heavy atom. The molecule has 0 aliphatic rings. The van der Waals surface area contributed by atoms with Crippen LogP contribution in [0.4, 0.5) is 0 Å². The molecule has 0 saturated heterocycles. The van der Waals surface area contributed by atoms with Crippen LogP contribution in [0.15, 0.2) is 54.6 Å². The first-order valence-corrected chi connectivity index (χ1v) is 6.34. The van der Waals surface area contributed by atoms with Gasteiger partial charge in [-0.3, -0.25) is 4.79 Å². The number of benzene rings is 2. The van der Waals surface area contributed by atoms with Crippen molar-refractivity contribution in [3.8, 4) is 5.75 Å². The quantitative estimate of drug-likeness (QED) is 0.789. The average Bonchev–Trinajstić information content (AvgIpc) is 2.52. The summed E-state index contributed by atoms with van der Waals surface area (Å²) in [5.41, 5.74) is 0.840. The zero-order valence-electron chi connectivity index (χ0n) is 10.9. The number of rotatable bonds is 6. The van der Waals surface area contributed by atoms with Crippen molar-refractivity contribution in [1.82, 2.24) is 0 Å². The Bertz CT molecular complexity index is 566. The van der Waals surface area contributed by atoms with Crippen LogP contribution in [0, 0.1) is 0 Å². The topological polar surface area (TPSA) is 66.8 Å². The van der Waals surface area contributed by atoms with Gasteiger partial charge in [0, 0.05) is 0 Å². The fraction of sp³-hybridized carbons (Fsp3) is 0.188. The van der Waals surface area contributed by atoms with E-state index in [1.165, 1.54) is 0 Å². The van der Waals surface area contributed by atoms with Gasteiger partial charge in [0.2, 0.25) is 0 Å². The Hall–Kier alpha value is -2.17. The van der Waals surface area contributed by atoms with Crippen LogP contribution < -0.4 is 4.74 Å². The molecule has 2 rings (SSSR count). The third kappa shape index (κ3) is 3.23. The third-order valence-electron chi connectivity index (χ3n) is 2.87. The summed E-state index contributed by atoms with van der Waals surface area (Å²) < 4.78 is 5.31. The molecule has 104 valence electrons. The van der Waals surface area contributed by atoms with E-state index in [0.29, 0.717) is 16.9 Å². The first-order chi connectivity index (χ1) is 9.74. The molecular formula is C16H16O4. The van der Waals surface area contributed by atoms with Crippen molar-refractivity contribution < 1.29 is 19.7 Å². The summed E-state index contributed by atoms with van der Waals surface area (Å²) >= 11 is 0. The molecule has 0 aliphatic heterocycles. The van der Waals surface area contributed by atoms with Crippen LogP contribution >= 0.6 is 0 Å². The highest BCUT2D eigenvalue weighted by Crippen LogP contribution is 2.25. The minimum Gasteiger partial charge on any atom is -0.490 e. The highest BCUT2D eigenvalue weighted by Gasteiger charge is 2.22. The summed E-state index contributed by atoms with van der Waals surface area (Å²) in [5.74, 6) is -0.0636. The van der Waals surface area contributed by atoms with Gasteiger partial charge in [0.15, 0.2) is 5.78 Å². The Morgan fingerprint density at radius 1 is 1.05 bits per heavy atom. The molecule has 1 unspecified atom stereocenters. The van der Waals surface area contributed by atoms with Gasteiger partial charge in [0.05, 0.1) is 12.2 Å². The van der Waals surface area contributed by atoms with Crippen molar-refractivity contribution in [2.24, 2.45) is 0 Å². The Morgan fingerprint density at radius 3 is 2.40 bits per heavy atom. The van der Waals surface area contributed by atoms with Crippen molar-refractivity contribution in [2.75, 3.05) is 13.2 Å². The van der Waals surface area contributed by atoms with E-state index in [9.17, 15) is 9.90 Å². The molecule has 0 fully saturated rings. The highest BCUT2D eigenvalue weighted by molar-refractivity contribution is 6.02. The molecule has 0 radical (unpaired) electrons. The minimum atomic E-state index is -1.23. The number of ether oxygens (including phenoxy) is 1. The van der Waals surface area contributed by atoms with Crippen LogP contribution in [0.2, 0.25) is 0 Å². The molecule has 2 N–H and O–H groups in total. The molecule has 2 aromatic rings. The summed E-state index contributed by atoms with van der Waals surface area (Å²) in [4.78, 5) is 12.3. The maximum absolute atomic E-state index is 12.3. The number of carbonyl (C=O) groups excluding carboxylic acids is 1. The standard InChI is InChI=1S/C16H16O4/c17-10-11-20-14-9-5-4-8-13(14)16(19)15(18)12-6-2-1-3-7-12/h1-9,15,17-18H,10-11H2. The Labute approximate surface area is 117 Å². The molecular weight excluding hydrogens is 256 g/mol. The monoisotopic (exact) mass is 272 g/mol. The largest absolute Gasteiger partial charge is 0.490 e. The zero-order chi connectivity index (χ0) is 14.4. The second kappa shape index (κ2) is 6.84. The van der Waals surface area contributed by atoms with Crippen molar-refractivity contribution >= 4 is 5.78 Å². The molecule has 0 amide bonds. The van der Waals surface area contributed by atoms with Gasteiger partial charge >= 0.3 is 0 Å². The lowest BCUT2D eigenvalue weighted by Crippen LogP contribution is -2.14. The van der Waals surface area contributed by atoms with Crippen molar-refractivity contribution in [1.29, 1.82) is 0 Å². The fourth-order valence-electron chi connectivity index (χ4n) is 1.89. The van der Waals surface area contributed by atoms with E-state index in [2.05, 4.69) is 0 Å². The lowest BCUT2D eigenvalue weighted by atomic mass is 9.99. The van der Waals surface area contributed by atoms with E-state index in [0.717, 1.165) is 0 Å². The van der Waals surface area contributed by atoms with E-state index in [-0.39, 0.29) is 13.2 Å². The summed E-state index contributed by atoms with van der Waals surface area (Å²) in [6, 6.07) is 15.4. The highest BCUT2D eigenvalue weighted by atomic mass is 16.5. The summed E-state index contributed by atoms with van der Waals surface area (Å²) in [6.45, 7) is -0.0323. The van der Waals surface area contributed by atoms with Crippen LogP contribution in [0.1, 0.15) is 22.0 Å². The SMILES string of the molecule is O=C(c1ccccc1OCCO)C(O)c1ccccc1. The molecule has 0 saturated carbocycles. The average molecular weight is 272 g/mol. The predicted molar refractivity (Wildman–Crippen MR) is 74.8 cm³/mol. The Balaban J connectivity index is 2.25. The van der Waals surface area contributed by atoms with Crippen LogP contribution in [-0.2, 0) is 0 Å². The van der Waals surface area contributed by atoms with Gasteiger partial charge in [0.25, 0.3) is 0 Å². The molecule has 0 bridgehead atoms. The maximum Gasteiger partial charge on any atom is 0.199 e. The maximum atomic E-state index is 12.3. The number of hydrogen-bond donors (Lipinski definition) is 2. The van der Waals surface area contributed by atoms with Crippen molar-refractivity contribution in [3.05, 3.63) is 65.7 Å². The summed E-state index contributed by atoms with van der Waals surface area (Å²) in [6.07, 6.45) is -1.23. The van der Waals surface area contributed by atoms with Crippen LogP contribution in [0.3, 0.4) is 0 Å². The number of hydrogen-bond acceptors (Lipinski definition) is 4. The number of aliphatic hydroxyl groups excluding tert-OH is 2. The molecule has 4 heteroatoms. The van der Waals surface area contributed by atoms with Gasteiger partial charge in [-0.2, -0.15) is 0 Å². The van der Waals surface area contributed by atoms with Crippen molar-refractivity contribution in [2.45, 2.75) is 6.10 Å². The van der Waals surface area contributed by atoms with E-state index >= 15 is 0 Å². The van der Waals surface area contributed by atoms with Crippen molar-refractivity contribution in [3.63, 3.8) is 0 Å². The molecule has 1 atom stereocenters. The first kappa shape index (κ1) is 14.2. The van der Waals surface area contributed by atoms with Crippen LogP contribution in [0.25, 0.3) is 0 Å². The van der Waals surface area contributed by atoms with Crippen LogP contribution in [-0.4, -0.2) is 29.2 Å². The number of ketones is 1.